The Kier molecular flexibility index (Phi) is 3.85. The highest BCUT2D eigenvalue weighted by atomic mass is 32.2. The molecule has 0 unspecified atom stereocenters. The standard InChI is InChI=1S/C17H19N5O2S/c18-15-12-19-17-14(16(15)20-21-9-4-5-10-21)8-11-22(17)25(23,24)13-6-2-1-3-7-13/h1-3,6-8,11-12H,4-5,9-10,18H2,(H,19,20). The molecule has 0 bridgehead atoms. The molecule has 4 rings (SSSR count). The summed E-state index contributed by atoms with van der Waals surface area (Å²) in [6, 6.07) is 10.1. The Morgan fingerprint density at radius 2 is 1.80 bits per heavy atom. The van der Waals surface area contributed by atoms with Crippen LogP contribution in [0.15, 0.2) is 53.7 Å². The van der Waals surface area contributed by atoms with Gasteiger partial charge in [0.2, 0.25) is 0 Å². The summed E-state index contributed by atoms with van der Waals surface area (Å²) in [5.41, 5.74) is 11.0. The number of pyridine rings is 1. The van der Waals surface area contributed by atoms with Gasteiger partial charge < -0.3 is 11.2 Å². The number of nitrogens with zero attached hydrogens (tertiary/aromatic N) is 3. The molecule has 1 fully saturated rings. The van der Waals surface area contributed by atoms with E-state index >= 15 is 0 Å². The second kappa shape index (κ2) is 6.05. The molecular weight excluding hydrogens is 338 g/mol. The van der Waals surface area contributed by atoms with E-state index in [0.717, 1.165) is 25.9 Å². The van der Waals surface area contributed by atoms with Gasteiger partial charge in [-0.3, -0.25) is 0 Å². The molecule has 0 atom stereocenters. The van der Waals surface area contributed by atoms with Crippen LogP contribution in [-0.2, 0) is 10.0 Å². The first-order valence-electron chi connectivity index (χ1n) is 8.15. The van der Waals surface area contributed by atoms with E-state index in [9.17, 15) is 8.42 Å². The lowest BCUT2D eigenvalue weighted by Crippen LogP contribution is -2.26. The summed E-state index contributed by atoms with van der Waals surface area (Å²) in [4.78, 5) is 4.49. The second-order valence-corrected chi connectivity index (χ2v) is 7.88. The highest BCUT2D eigenvalue weighted by Gasteiger charge is 2.22. The first kappa shape index (κ1) is 15.9. The Hall–Kier alpha value is -2.58. The summed E-state index contributed by atoms with van der Waals surface area (Å²) in [7, 11) is -3.71. The highest BCUT2D eigenvalue weighted by molar-refractivity contribution is 7.90. The van der Waals surface area contributed by atoms with Crippen LogP contribution in [-0.4, -0.2) is 35.5 Å². The van der Waals surface area contributed by atoms with Crippen molar-refractivity contribution in [3.05, 3.63) is 48.8 Å². The van der Waals surface area contributed by atoms with Gasteiger partial charge in [-0.05, 0) is 31.0 Å². The minimum atomic E-state index is -3.71. The van der Waals surface area contributed by atoms with Gasteiger partial charge in [0.05, 0.1) is 22.5 Å². The van der Waals surface area contributed by atoms with Crippen molar-refractivity contribution in [2.45, 2.75) is 17.7 Å². The predicted molar refractivity (Wildman–Crippen MR) is 97.6 cm³/mol. The van der Waals surface area contributed by atoms with E-state index in [2.05, 4.69) is 15.4 Å². The molecule has 0 spiro atoms. The number of rotatable bonds is 4. The molecule has 130 valence electrons. The van der Waals surface area contributed by atoms with Gasteiger partial charge in [0.25, 0.3) is 10.0 Å². The van der Waals surface area contributed by atoms with Gasteiger partial charge in [0.1, 0.15) is 0 Å². The number of nitrogens with one attached hydrogen (secondary N) is 1. The van der Waals surface area contributed by atoms with Gasteiger partial charge >= 0.3 is 0 Å². The van der Waals surface area contributed by atoms with Crippen molar-refractivity contribution in [1.29, 1.82) is 0 Å². The molecule has 8 heteroatoms. The van der Waals surface area contributed by atoms with E-state index in [1.807, 2.05) is 0 Å². The zero-order valence-corrected chi connectivity index (χ0v) is 14.4. The van der Waals surface area contributed by atoms with Crippen molar-refractivity contribution in [1.82, 2.24) is 14.0 Å². The van der Waals surface area contributed by atoms with E-state index in [4.69, 9.17) is 5.73 Å². The molecule has 3 aromatic rings. The number of hydrogen-bond donors (Lipinski definition) is 2. The Morgan fingerprint density at radius 1 is 1.08 bits per heavy atom. The summed E-state index contributed by atoms with van der Waals surface area (Å²) in [5, 5.41) is 2.78. The lowest BCUT2D eigenvalue weighted by molar-refractivity contribution is 0.411. The summed E-state index contributed by atoms with van der Waals surface area (Å²) in [5.74, 6) is 0. The molecule has 2 aromatic heterocycles. The fourth-order valence-electron chi connectivity index (χ4n) is 3.09. The van der Waals surface area contributed by atoms with Crippen LogP contribution in [0, 0.1) is 0 Å². The highest BCUT2D eigenvalue weighted by Crippen LogP contribution is 2.31. The van der Waals surface area contributed by atoms with E-state index in [0.29, 0.717) is 22.4 Å². The third-order valence-corrected chi connectivity index (χ3v) is 6.07. The van der Waals surface area contributed by atoms with Gasteiger partial charge in [0.15, 0.2) is 5.65 Å². The van der Waals surface area contributed by atoms with Crippen molar-refractivity contribution in [3.63, 3.8) is 0 Å². The van der Waals surface area contributed by atoms with Gasteiger partial charge in [-0.25, -0.2) is 22.4 Å². The smallest absolute Gasteiger partial charge is 0.269 e. The van der Waals surface area contributed by atoms with Crippen LogP contribution in [0.4, 0.5) is 11.4 Å². The number of benzene rings is 1. The summed E-state index contributed by atoms with van der Waals surface area (Å²) in [6.07, 6.45) is 5.28. The Labute approximate surface area is 146 Å². The molecule has 0 amide bonds. The number of nitrogens with two attached hydrogens (primary N) is 1. The van der Waals surface area contributed by atoms with Gasteiger partial charge in [-0.1, -0.05) is 18.2 Å². The molecule has 3 heterocycles. The Bertz CT molecular complexity index is 1010. The van der Waals surface area contributed by atoms with Crippen molar-refractivity contribution >= 4 is 32.4 Å². The van der Waals surface area contributed by atoms with E-state index in [-0.39, 0.29) is 4.90 Å². The molecule has 25 heavy (non-hydrogen) atoms. The zero-order valence-electron chi connectivity index (χ0n) is 13.6. The SMILES string of the molecule is Nc1cnc2c(ccn2S(=O)(=O)c2ccccc2)c1NN1CCCC1. The van der Waals surface area contributed by atoms with Crippen LogP contribution >= 0.6 is 0 Å². The maximum Gasteiger partial charge on any atom is 0.269 e. The molecular formula is C17H19N5O2S. The maximum absolute atomic E-state index is 12.9. The second-order valence-electron chi connectivity index (χ2n) is 6.06. The van der Waals surface area contributed by atoms with Gasteiger partial charge in [-0.15, -0.1) is 0 Å². The third-order valence-electron chi connectivity index (χ3n) is 4.39. The normalized spacial score (nSPS) is 15.7. The van der Waals surface area contributed by atoms with E-state index in [1.54, 1.807) is 36.4 Å². The molecule has 0 saturated carbocycles. The molecule has 1 aliphatic rings. The van der Waals surface area contributed by atoms with Gasteiger partial charge in [0, 0.05) is 24.7 Å². The fraction of sp³-hybridized carbons (Fsp3) is 0.235. The minimum absolute atomic E-state index is 0.222. The zero-order chi connectivity index (χ0) is 17.4. The fourth-order valence-corrected chi connectivity index (χ4v) is 4.41. The molecule has 7 nitrogen and oxygen atoms in total. The number of fused-ring (bicyclic) bond motifs is 1. The van der Waals surface area contributed by atoms with E-state index < -0.39 is 10.0 Å². The molecule has 1 aromatic carbocycles. The number of anilines is 2. The quantitative estimate of drug-likeness (QED) is 0.744. The summed E-state index contributed by atoms with van der Waals surface area (Å²) >= 11 is 0. The number of hydrazine groups is 1. The van der Waals surface area contributed by atoms with Crippen LogP contribution in [0.5, 0.6) is 0 Å². The summed E-state index contributed by atoms with van der Waals surface area (Å²) < 4.78 is 27.0. The predicted octanol–water partition coefficient (Wildman–Crippen LogP) is 2.28. The topological polar surface area (TPSA) is 93.2 Å². The summed E-state index contributed by atoms with van der Waals surface area (Å²) in [6.45, 7) is 1.87. The van der Waals surface area contributed by atoms with Crippen molar-refractivity contribution in [3.8, 4) is 0 Å². The lowest BCUT2D eigenvalue weighted by atomic mass is 10.2. The van der Waals surface area contributed by atoms with Crippen LogP contribution in [0.3, 0.4) is 0 Å². The van der Waals surface area contributed by atoms with Crippen molar-refractivity contribution < 1.29 is 8.42 Å². The first-order chi connectivity index (χ1) is 12.1. The Balaban J connectivity index is 1.82. The van der Waals surface area contributed by atoms with Crippen molar-refractivity contribution in [2.24, 2.45) is 0 Å². The third kappa shape index (κ3) is 2.73. The number of aromatic nitrogens is 2. The number of nitrogen functional groups attached to an aromatic ring is 1. The van der Waals surface area contributed by atoms with Crippen LogP contribution in [0.25, 0.3) is 11.0 Å². The van der Waals surface area contributed by atoms with Crippen LogP contribution in [0.2, 0.25) is 0 Å². The molecule has 0 aliphatic carbocycles. The minimum Gasteiger partial charge on any atom is -0.396 e. The van der Waals surface area contributed by atoms with Crippen molar-refractivity contribution in [2.75, 3.05) is 24.2 Å². The van der Waals surface area contributed by atoms with E-state index in [1.165, 1.54) is 16.4 Å². The lowest BCUT2D eigenvalue weighted by Gasteiger charge is -2.19. The largest absolute Gasteiger partial charge is 0.396 e. The average molecular weight is 357 g/mol. The van der Waals surface area contributed by atoms with Gasteiger partial charge in [-0.2, -0.15) is 0 Å². The van der Waals surface area contributed by atoms with Crippen LogP contribution in [0.1, 0.15) is 12.8 Å². The molecule has 3 N–H and O–H groups in total. The Morgan fingerprint density at radius 3 is 2.52 bits per heavy atom. The van der Waals surface area contributed by atoms with Crippen LogP contribution < -0.4 is 11.2 Å². The monoisotopic (exact) mass is 357 g/mol. The first-order valence-corrected chi connectivity index (χ1v) is 9.59. The maximum atomic E-state index is 12.9. The molecule has 1 saturated heterocycles. The average Bonchev–Trinajstić information content (AvgIpc) is 3.28. The molecule has 1 aliphatic heterocycles. The molecule has 0 radical (unpaired) electrons. The number of hydrogen-bond acceptors (Lipinski definition) is 6.